The van der Waals surface area contributed by atoms with Crippen LogP contribution in [0.4, 0.5) is 0 Å². The molecule has 1 saturated heterocycles. The van der Waals surface area contributed by atoms with Gasteiger partial charge in [-0.1, -0.05) is 18.2 Å². The Morgan fingerprint density at radius 2 is 2.11 bits per heavy atom. The molecule has 5 heteroatoms. The maximum Gasteiger partial charge on any atom is 0.252 e. The molecule has 1 aliphatic heterocycles. The molecule has 0 unspecified atom stereocenters. The fourth-order valence-corrected chi connectivity index (χ4v) is 2.22. The first-order chi connectivity index (χ1) is 9.24. The van der Waals surface area contributed by atoms with Crippen molar-refractivity contribution in [3.63, 3.8) is 0 Å². The summed E-state index contributed by atoms with van der Waals surface area (Å²) in [6.45, 7) is 2.53. The average Bonchev–Trinajstić information content (AvgIpc) is 2.35. The second-order valence-electron chi connectivity index (χ2n) is 4.83. The lowest BCUT2D eigenvalue weighted by molar-refractivity contribution is 0.0943. The van der Waals surface area contributed by atoms with Crippen LogP contribution in [0.1, 0.15) is 10.4 Å². The van der Waals surface area contributed by atoms with Crippen molar-refractivity contribution in [2.24, 2.45) is 5.92 Å². The normalized spacial score (nSPS) is 15.2. The predicted octanol–water partition coefficient (Wildman–Crippen LogP) is 0.477. The molecule has 0 spiro atoms. The fraction of sp³-hybridized carbons (Fsp3) is 0.286. The Morgan fingerprint density at radius 3 is 2.84 bits per heavy atom. The van der Waals surface area contributed by atoms with Crippen LogP contribution < -0.4 is 16.2 Å². The van der Waals surface area contributed by atoms with Crippen molar-refractivity contribution >= 4 is 16.8 Å². The van der Waals surface area contributed by atoms with E-state index in [2.05, 4.69) is 15.6 Å². The van der Waals surface area contributed by atoms with Gasteiger partial charge in [-0.25, -0.2) is 0 Å². The second-order valence-corrected chi connectivity index (χ2v) is 4.83. The summed E-state index contributed by atoms with van der Waals surface area (Å²) in [7, 11) is 0. The van der Waals surface area contributed by atoms with E-state index in [0.29, 0.717) is 23.5 Å². The van der Waals surface area contributed by atoms with Gasteiger partial charge in [-0.2, -0.15) is 0 Å². The topological polar surface area (TPSA) is 74.0 Å². The fourth-order valence-electron chi connectivity index (χ4n) is 2.22. The van der Waals surface area contributed by atoms with Crippen molar-refractivity contribution in [2.45, 2.75) is 0 Å². The zero-order valence-corrected chi connectivity index (χ0v) is 10.4. The van der Waals surface area contributed by atoms with E-state index < -0.39 is 0 Å². The average molecular weight is 257 g/mol. The van der Waals surface area contributed by atoms with Crippen LogP contribution >= 0.6 is 0 Å². The minimum absolute atomic E-state index is 0.186. The predicted molar refractivity (Wildman–Crippen MR) is 73.3 cm³/mol. The molecule has 0 radical (unpaired) electrons. The van der Waals surface area contributed by atoms with Crippen molar-refractivity contribution in [1.82, 2.24) is 15.6 Å². The van der Waals surface area contributed by atoms with Gasteiger partial charge in [-0.05, 0) is 6.07 Å². The molecule has 0 atom stereocenters. The Morgan fingerprint density at radius 1 is 1.32 bits per heavy atom. The number of aromatic nitrogens is 1. The van der Waals surface area contributed by atoms with Crippen LogP contribution in [0.15, 0.2) is 35.1 Å². The highest BCUT2D eigenvalue weighted by atomic mass is 16.2. The zero-order chi connectivity index (χ0) is 13.2. The summed E-state index contributed by atoms with van der Waals surface area (Å²) in [4.78, 5) is 26.5. The molecule has 1 aliphatic rings. The van der Waals surface area contributed by atoms with Gasteiger partial charge in [-0.15, -0.1) is 0 Å². The Kier molecular flexibility index (Phi) is 3.05. The number of amides is 1. The van der Waals surface area contributed by atoms with Crippen LogP contribution in [-0.4, -0.2) is 30.5 Å². The summed E-state index contributed by atoms with van der Waals surface area (Å²) in [6.07, 6.45) is 0. The van der Waals surface area contributed by atoms with Crippen molar-refractivity contribution in [2.75, 3.05) is 19.6 Å². The SMILES string of the molecule is O=C(NCC1CNC1)c1cc(=O)[nH]c2ccccc12. The zero-order valence-electron chi connectivity index (χ0n) is 10.4. The molecular weight excluding hydrogens is 242 g/mol. The third-order valence-corrected chi connectivity index (χ3v) is 3.41. The summed E-state index contributed by atoms with van der Waals surface area (Å²) in [5.41, 5.74) is 0.867. The van der Waals surface area contributed by atoms with Crippen LogP contribution in [-0.2, 0) is 0 Å². The van der Waals surface area contributed by atoms with Crippen LogP contribution in [0.2, 0.25) is 0 Å². The maximum atomic E-state index is 12.2. The first kappa shape index (κ1) is 11.9. The summed E-state index contributed by atoms with van der Waals surface area (Å²) in [6, 6.07) is 8.68. The number of hydrogen-bond donors (Lipinski definition) is 3. The molecule has 98 valence electrons. The minimum Gasteiger partial charge on any atom is -0.352 e. The maximum absolute atomic E-state index is 12.2. The smallest absolute Gasteiger partial charge is 0.252 e. The number of carbonyl (C=O) groups is 1. The molecule has 0 aliphatic carbocycles. The number of pyridine rings is 1. The number of nitrogens with one attached hydrogen (secondary N) is 3. The molecule has 3 N–H and O–H groups in total. The highest BCUT2D eigenvalue weighted by Crippen LogP contribution is 2.14. The molecule has 1 amide bonds. The molecule has 1 aromatic carbocycles. The summed E-state index contributed by atoms with van der Waals surface area (Å²) in [5.74, 6) is 0.311. The lowest BCUT2D eigenvalue weighted by atomic mass is 10.0. The summed E-state index contributed by atoms with van der Waals surface area (Å²) in [5, 5.41) is 6.82. The largest absolute Gasteiger partial charge is 0.352 e. The Labute approximate surface area is 110 Å². The first-order valence-corrected chi connectivity index (χ1v) is 6.35. The molecule has 0 saturated carbocycles. The molecular formula is C14H15N3O2. The van der Waals surface area contributed by atoms with Gasteiger partial charge in [0.25, 0.3) is 5.91 Å². The van der Waals surface area contributed by atoms with E-state index in [-0.39, 0.29) is 11.5 Å². The van der Waals surface area contributed by atoms with Crippen LogP contribution in [0.25, 0.3) is 10.9 Å². The van der Waals surface area contributed by atoms with Gasteiger partial charge < -0.3 is 15.6 Å². The van der Waals surface area contributed by atoms with E-state index in [9.17, 15) is 9.59 Å². The Balaban J connectivity index is 1.89. The molecule has 2 aromatic rings. The van der Waals surface area contributed by atoms with Crippen LogP contribution in [0, 0.1) is 5.92 Å². The van der Waals surface area contributed by atoms with Crippen LogP contribution in [0.5, 0.6) is 0 Å². The second kappa shape index (κ2) is 4.85. The third-order valence-electron chi connectivity index (χ3n) is 3.41. The van der Waals surface area contributed by atoms with Gasteiger partial charge in [0.05, 0.1) is 5.56 Å². The van der Waals surface area contributed by atoms with Gasteiger partial charge in [0.15, 0.2) is 0 Å². The number of carbonyl (C=O) groups excluding carboxylic acids is 1. The van der Waals surface area contributed by atoms with Gasteiger partial charge in [0.1, 0.15) is 0 Å². The first-order valence-electron chi connectivity index (χ1n) is 6.35. The number of aromatic amines is 1. The van der Waals surface area contributed by atoms with E-state index in [1.165, 1.54) is 6.07 Å². The number of fused-ring (bicyclic) bond motifs is 1. The van der Waals surface area contributed by atoms with E-state index >= 15 is 0 Å². The highest BCUT2D eigenvalue weighted by Gasteiger charge is 2.18. The van der Waals surface area contributed by atoms with E-state index in [1.807, 2.05) is 18.2 Å². The van der Waals surface area contributed by atoms with E-state index in [1.54, 1.807) is 6.07 Å². The van der Waals surface area contributed by atoms with Crippen molar-refractivity contribution in [1.29, 1.82) is 0 Å². The summed E-state index contributed by atoms with van der Waals surface area (Å²) >= 11 is 0. The number of para-hydroxylation sites is 1. The van der Waals surface area contributed by atoms with Gasteiger partial charge >= 0.3 is 0 Å². The van der Waals surface area contributed by atoms with E-state index in [4.69, 9.17) is 0 Å². The Bertz CT molecular complexity index is 674. The van der Waals surface area contributed by atoms with Gasteiger partial charge in [-0.3, -0.25) is 9.59 Å². The number of H-pyrrole nitrogens is 1. The molecule has 0 bridgehead atoms. The summed E-state index contributed by atoms with van der Waals surface area (Å²) < 4.78 is 0. The van der Waals surface area contributed by atoms with Gasteiger partial charge in [0.2, 0.25) is 5.56 Å². The minimum atomic E-state index is -0.255. The standard InChI is InChI=1S/C14H15N3O2/c18-13-5-11(10-3-1-2-4-12(10)17-13)14(19)16-8-9-6-15-7-9/h1-5,9,15H,6-8H2,(H,16,19)(H,17,18). The lowest BCUT2D eigenvalue weighted by Crippen LogP contribution is -2.48. The molecule has 5 nitrogen and oxygen atoms in total. The highest BCUT2D eigenvalue weighted by molar-refractivity contribution is 6.05. The quantitative estimate of drug-likeness (QED) is 0.748. The Hall–Kier alpha value is -2.14. The molecule has 2 heterocycles. The number of hydrogen-bond acceptors (Lipinski definition) is 3. The monoisotopic (exact) mass is 257 g/mol. The van der Waals surface area contributed by atoms with E-state index in [0.717, 1.165) is 18.5 Å². The lowest BCUT2D eigenvalue weighted by Gasteiger charge is -2.27. The van der Waals surface area contributed by atoms with Crippen molar-refractivity contribution in [3.8, 4) is 0 Å². The number of rotatable bonds is 3. The van der Waals surface area contributed by atoms with Crippen LogP contribution in [0.3, 0.4) is 0 Å². The van der Waals surface area contributed by atoms with Crippen molar-refractivity contribution < 1.29 is 4.79 Å². The third kappa shape index (κ3) is 2.37. The molecule has 19 heavy (non-hydrogen) atoms. The molecule has 1 aromatic heterocycles. The molecule has 1 fully saturated rings. The molecule has 3 rings (SSSR count). The number of benzene rings is 1. The van der Waals surface area contributed by atoms with Gasteiger partial charge in [0, 0.05) is 42.5 Å². The van der Waals surface area contributed by atoms with Crippen molar-refractivity contribution in [3.05, 3.63) is 46.2 Å².